The molecule has 1 rings (SSSR count). The first-order valence-electron chi connectivity index (χ1n) is 5.98. The topological polar surface area (TPSA) is 35.5 Å². The Labute approximate surface area is 131 Å². The molecule has 0 N–H and O–H groups in total. The molecule has 0 bridgehead atoms. The molecule has 1 aromatic carbocycles. The van der Waals surface area contributed by atoms with Gasteiger partial charge in [0.2, 0.25) is 0 Å². The van der Waals surface area contributed by atoms with E-state index < -0.39 is 10.8 Å². The molecule has 5 heteroatoms. The van der Waals surface area contributed by atoms with Gasteiger partial charge in [-0.15, -0.1) is 0 Å². The summed E-state index contributed by atoms with van der Waals surface area (Å²) in [5.74, 6) is 0. The molecule has 0 aliphatic rings. The Kier molecular flexibility index (Phi) is 7.82. The average molecular weight is 394 g/mol. The first-order chi connectivity index (χ1) is 9.08. The zero-order valence-corrected chi connectivity index (χ0v) is 14.4. The molecule has 0 spiro atoms. The van der Waals surface area contributed by atoms with Gasteiger partial charge in [-0.2, -0.15) is 0 Å². The van der Waals surface area contributed by atoms with Crippen molar-refractivity contribution in [1.82, 2.24) is 0 Å². The van der Waals surface area contributed by atoms with Crippen molar-refractivity contribution in [2.24, 2.45) is 0 Å². The van der Waals surface area contributed by atoms with Crippen LogP contribution in [0.4, 0.5) is 0 Å². The highest BCUT2D eigenvalue weighted by atomic mass is 127. The molecule has 0 saturated heterocycles. The van der Waals surface area contributed by atoms with Gasteiger partial charge in [0.25, 0.3) is 0 Å². The average Bonchev–Trinajstić information content (AvgIpc) is 2.43. The van der Waals surface area contributed by atoms with Gasteiger partial charge in [-0.25, -0.2) is 4.21 Å². The lowest BCUT2D eigenvalue weighted by Crippen LogP contribution is -2.11. The van der Waals surface area contributed by atoms with Crippen molar-refractivity contribution in [3.8, 4) is 0 Å². The highest BCUT2D eigenvalue weighted by molar-refractivity contribution is 14.1. The smallest absolute Gasteiger partial charge is 0.157 e. The van der Waals surface area contributed by atoms with Crippen LogP contribution in [-0.2, 0) is 20.3 Å². The van der Waals surface area contributed by atoms with Gasteiger partial charge in [0.15, 0.2) is 6.29 Å². The fraction of sp³-hybridized carbons (Fsp3) is 0.429. The van der Waals surface area contributed by atoms with Crippen molar-refractivity contribution in [1.29, 1.82) is 0 Å². The van der Waals surface area contributed by atoms with Gasteiger partial charge in [-0.1, -0.05) is 23.8 Å². The van der Waals surface area contributed by atoms with Crippen LogP contribution >= 0.6 is 22.6 Å². The maximum Gasteiger partial charge on any atom is 0.157 e. The largest absolute Gasteiger partial charge is 0.356 e. The minimum absolute atomic E-state index is 0.201. The molecule has 0 radical (unpaired) electrons. The number of hydrogen-bond donors (Lipinski definition) is 0. The molecule has 0 fully saturated rings. The maximum atomic E-state index is 12.2. The normalized spacial score (nSPS) is 13.8. The maximum absolute atomic E-state index is 12.2. The van der Waals surface area contributed by atoms with Crippen LogP contribution in [0.25, 0.3) is 0 Å². The predicted octanol–water partition coefficient (Wildman–Crippen LogP) is 3.78. The Hall–Kier alpha value is -0.240. The number of rotatable bonds is 7. The van der Waals surface area contributed by atoms with Gasteiger partial charge in [0.1, 0.15) is 0 Å². The van der Waals surface area contributed by atoms with Crippen molar-refractivity contribution in [3.63, 3.8) is 0 Å². The van der Waals surface area contributed by atoms with Crippen molar-refractivity contribution in [2.75, 3.05) is 14.2 Å². The van der Waals surface area contributed by atoms with Crippen LogP contribution < -0.4 is 0 Å². The molecule has 0 aromatic heterocycles. The van der Waals surface area contributed by atoms with Crippen LogP contribution in [0.2, 0.25) is 0 Å². The van der Waals surface area contributed by atoms with E-state index in [0.717, 1.165) is 20.6 Å². The van der Waals surface area contributed by atoms with E-state index in [9.17, 15) is 4.21 Å². The van der Waals surface area contributed by atoms with Gasteiger partial charge in [0.05, 0.1) is 13.7 Å². The zero-order valence-electron chi connectivity index (χ0n) is 11.4. The molecular weight excluding hydrogens is 375 g/mol. The van der Waals surface area contributed by atoms with E-state index in [1.54, 1.807) is 14.2 Å². The van der Waals surface area contributed by atoms with E-state index in [4.69, 9.17) is 9.47 Å². The molecule has 3 nitrogen and oxygen atoms in total. The van der Waals surface area contributed by atoms with Crippen molar-refractivity contribution < 1.29 is 13.7 Å². The molecule has 106 valence electrons. The van der Waals surface area contributed by atoms with Crippen molar-refractivity contribution in [2.45, 2.75) is 31.0 Å². The number of benzene rings is 1. The highest BCUT2D eigenvalue weighted by Crippen LogP contribution is 2.21. The standard InChI is InChI=1S/C14H19IO3S/c1-11-7-9-12(10-8-11)19(16)13(15)5-4-6-14(17-2)18-3/h5,7-10,14H,4,6H2,1-3H3/b13-5+/t19-/m1/s1. The van der Waals surface area contributed by atoms with Gasteiger partial charge in [-0.3, -0.25) is 0 Å². The molecular formula is C14H19IO3S. The summed E-state index contributed by atoms with van der Waals surface area (Å²) in [6, 6.07) is 7.77. The summed E-state index contributed by atoms with van der Waals surface area (Å²) in [6.07, 6.45) is 3.31. The molecule has 0 amide bonds. The van der Waals surface area contributed by atoms with E-state index in [-0.39, 0.29) is 6.29 Å². The Balaban J connectivity index is 2.59. The molecule has 19 heavy (non-hydrogen) atoms. The summed E-state index contributed by atoms with van der Waals surface area (Å²) >= 11 is 2.13. The molecule has 0 heterocycles. The summed E-state index contributed by atoms with van der Waals surface area (Å²) in [5.41, 5.74) is 1.17. The van der Waals surface area contributed by atoms with E-state index in [0.29, 0.717) is 0 Å². The van der Waals surface area contributed by atoms with Crippen LogP contribution in [0.15, 0.2) is 38.1 Å². The van der Waals surface area contributed by atoms with E-state index in [1.807, 2.05) is 37.3 Å². The van der Waals surface area contributed by atoms with Crippen LogP contribution in [-0.4, -0.2) is 24.7 Å². The Morgan fingerprint density at radius 3 is 2.42 bits per heavy atom. The molecule has 0 aliphatic heterocycles. The third-order valence-corrected chi connectivity index (χ3v) is 5.51. The highest BCUT2D eigenvalue weighted by Gasteiger charge is 2.08. The lowest BCUT2D eigenvalue weighted by atomic mass is 10.2. The lowest BCUT2D eigenvalue weighted by molar-refractivity contribution is -0.105. The monoisotopic (exact) mass is 394 g/mol. The minimum atomic E-state index is -1.09. The second kappa shape index (κ2) is 8.84. The second-order valence-corrected chi connectivity index (χ2v) is 7.41. The molecule has 1 aromatic rings. The first kappa shape index (κ1) is 16.8. The summed E-state index contributed by atoms with van der Waals surface area (Å²) in [6.45, 7) is 2.02. The fourth-order valence-electron chi connectivity index (χ4n) is 1.51. The zero-order chi connectivity index (χ0) is 14.3. The quantitative estimate of drug-likeness (QED) is 0.522. The SMILES string of the molecule is COC(CC/C=C(\I)[S@](=O)c1ccc(C)cc1)OC. The molecule has 0 saturated carbocycles. The number of halogens is 1. The lowest BCUT2D eigenvalue weighted by Gasteiger charge is -2.11. The van der Waals surface area contributed by atoms with E-state index >= 15 is 0 Å². The number of aryl methyl sites for hydroxylation is 1. The van der Waals surface area contributed by atoms with Crippen molar-refractivity contribution >= 4 is 33.4 Å². The summed E-state index contributed by atoms with van der Waals surface area (Å²) in [5, 5.41) is 0. The van der Waals surface area contributed by atoms with Crippen molar-refractivity contribution in [3.05, 3.63) is 38.8 Å². The number of methoxy groups -OCH3 is 2. The van der Waals surface area contributed by atoms with E-state index in [2.05, 4.69) is 22.6 Å². The Morgan fingerprint density at radius 2 is 1.89 bits per heavy atom. The summed E-state index contributed by atoms with van der Waals surface area (Å²) in [7, 11) is 2.15. The van der Waals surface area contributed by atoms with Crippen LogP contribution in [0.5, 0.6) is 0 Å². The summed E-state index contributed by atoms with van der Waals surface area (Å²) in [4.78, 5) is 0.835. The summed E-state index contributed by atoms with van der Waals surface area (Å²) < 4.78 is 23.3. The molecule has 0 unspecified atom stereocenters. The van der Waals surface area contributed by atoms with Crippen LogP contribution in [0.1, 0.15) is 18.4 Å². The number of hydrogen-bond acceptors (Lipinski definition) is 3. The van der Waals surface area contributed by atoms with Gasteiger partial charge < -0.3 is 9.47 Å². The van der Waals surface area contributed by atoms with Crippen LogP contribution in [0.3, 0.4) is 0 Å². The number of allylic oxidation sites excluding steroid dienone is 1. The first-order valence-corrected chi connectivity index (χ1v) is 8.21. The van der Waals surface area contributed by atoms with Crippen LogP contribution in [0, 0.1) is 6.92 Å². The number of ether oxygens (including phenoxy) is 2. The predicted molar refractivity (Wildman–Crippen MR) is 86.7 cm³/mol. The van der Waals surface area contributed by atoms with Gasteiger partial charge >= 0.3 is 0 Å². The Bertz CT molecular complexity index is 439. The van der Waals surface area contributed by atoms with Gasteiger partial charge in [0, 0.05) is 25.5 Å². The van der Waals surface area contributed by atoms with E-state index in [1.165, 1.54) is 5.56 Å². The third kappa shape index (κ3) is 5.72. The fourth-order valence-corrected chi connectivity index (χ4v) is 3.47. The van der Waals surface area contributed by atoms with Gasteiger partial charge in [-0.05, 0) is 48.1 Å². The Morgan fingerprint density at radius 1 is 1.32 bits per heavy atom. The second-order valence-electron chi connectivity index (χ2n) is 4.07. The third-order valence-electron chi connectivity index (χ3n) is 2.65. The molecule has 0 aliphatic carbocycles. The molecule has 1 atom stereocenters. The minimum Gasteiger partial charge on any atom is -0.356 e.